The van der Waals surface area contributed by atoms with E-state index in [2.05, 4.69) is 4.90 Å². The predicted molar refractivity (Wildman–Crippen MR) is 95.2 cm³/mol. The number of rotatable bonds is 4. The van der Waals surface area contributed by atoms with E-state index in [1.54, 1.807) is 6.07 Å². The molecule has 1 amide bonds. The van der Waals surface area contributed by atoms with Gasteiger partial charge in [0.2, 0.25) is 5.91 Å². The number of halogens is 1. The molecule has 142 valence electrons. The fourth-order valence-corrected chi connectivity index (χ4v) is 5.30. The normalized spacial score (nSPS) is 31.7. The van der Waals surface area contributed by atoms with Gasteiger partial charge in [0.25, 0.3) is 0 Å². The Morgan fingerprint density at radius 3 is 2.88 bits per heavy atom. The molecule has 0 aliphatic carbocycles. The van der Waals surface area contributed by atoms with Crippen LogP contribution in [0.25, 0.3) is 0 Å². The number of methoxy groups -OCH3 is 1. The van der Waals surface area contributed by atoms with Crippen LogP contribution in [0.4, 0.5) is 4.39 Å². The van der Waals surface area contributed by atoms with Crippen LogP contribution in [0, 0.1) is 17.7 Å². The number of likely N-dealkylation sites (tertiary alicyclic amines) is 1. The van der Waals surface area contributed by atoms with Crippen LogP contribution < -0.4 is 4.74 Å². The van der Waals surface area contributed by atoms with Crippen LogP contribution in [-0.2, 0) is 11.3 Å². The van der Waals surface area contributed by atoms with Gasteiger partial charge in [-0.1, -0.05) is 6.07 Å². The molecule has 3 saturated heterocycles. The lowest BCUT2D eigenvalue weighted by atomic mass is 9.72. The summed E-state index contributed by atoms with van der Waals surface area (Å²) in [7, 11) is 1.48. The highest BCUT2D eigenvalue weighted by atomic mass is 19.1. The number of hydrogen-bond donors (Lipinski definition) is 1. The number of piperidine rings is 3. The molecule has 0 aromatic heterocycles. The maximum atomic E-state index is 13.7. The summed E-state index contributed by atoms with van der Waals surface area (Å²) in [5.41, 5.74) is 1.03. The average molecular weight is 362 g/mol. The van der Waals surface area contributed by atoms with Gasteiger partial charge in [0.05, 0.1) is 19.8 Å². The van der Waals surface area contributed by atoms with E-state index in [0.717, 1.165) is 44.5 Å². The number of fused-ring (bicyclic) bond motifs is 4. The van der Waals surface area contributed by atoms with Crippen LogP contribution in [-0.4, -0.2) is 59.7 Å². The molecule has 3 aliphatic heterocycles. The summed E-state index contributed by atoms with van der Waals surface area (Å²) < 4.78 is 18.7. The molecule has 1 aromatic carbocycles. The molecule has 0 spiro atoms. The number of hydrogen-bond acceptors (Lipinski definition) is 4. The number of aliphatic hydroxyl groups excluding tert-OH is 1. The zero-order valence-corrected chi connectivity index (χ0v) is 15.2. The van der Waals surface area contributed by atoms with Gasteiger partial charge >= 0.3 is 0 Å². The summed E-state index contributed by atoms with van der Waals surface area (Å²) in [6.45, 7) is 2.58. The standard InChI is InChI=1S/C20H27FN2O3/c1-26-19-7-13(5-6-16(19)21)9-22-10-14-8-15(11-22)18(12-24)23-17(14)3-2-4-20(23)25/h5-7,14-15,17-18,24H,2-4,8-12H2,1H3/t14-,15+,17+,18+/m1/s1. The van der Waals surface area contributed by atoms with E-state index < -0.39 is 0 Å². The molecule has 3 aliphatic rings. The van der Waals surface area contributed by atoms with E-state index in [0.29, 0.717) is 18.3 Å². The minimum Gasteiger partial charge on any atom is -0.494 e. The largest absolute Gasteiger partial charge is 0.494 e. The summed E-state index contributed by atoms with van der Waals surface area (Å²) in [6, 6.07) is 5.23. The molecule has 1 N–H and O–H groups in total. The molecule has 0 unspecified atom stereocenters. The Morgan fingerprint density at radius 2 is 2.12 bits per heavy atom. The monoisotopic (exact) mass is 362 g/mol. The molecule has 3 heterocycles. The van der Waals surface area contributed by atoms with Gasteiger partial charge in [-0.25, -0.2) is 4.39 Å². The van der Waals surface area contributed by atoms with Crippen molar-refractivity contribution in [2.24, 2.45) is 11.8 Å². The molecular weight excluding hydrogens is 335 g/mol. The molecular formula is C20H27FN2O3. The highest BCUT2D eigenvalue weighted by Crippen LogP contribution is 2.41. The average Bonchev–Trinajstić information content (AvgIpc) is 2.64. The van der Waals surface area contributed by atoms with E-state index >= 15 is 0 Å². The summed E-state index contributed by atoms with van der Waals surface area (Å²) >= 11 is 0. The van der Waals surface area contributed by atoms with E-state index in [1.165, 1.54) is 13.2 Å². The van der Waals surface area contributed by atoms with Crippen molar-refractivity contribution in [3.63, 3.8) is 0 Å². The Labute approximate surface area is 153 Å². The summed E-state index contributed by atoms with van der Waals surface area (Å²) in [6.07, 6.45) is 3.70. The van der Waals surface area contributed by atoms with E-state index in [9.17, 15) is 14.3 Å². The van der Waals surface area contributed by atoms with Crippen molar-refractivity contribution in [2.75, 3.05) is 26.8 Å². The molecule has 5 nitrogen and oxygen atoms in total. The highest BCUT2D eigenvalue weighted by Gasteiger charge is 2.48. The van der Waals surface area contributed by atoms with Crippen LogP contribution >= 0.6 is 0 Å². The molecule has 26 heavy (non-hydrogen) atoms. The summed E-state index contributed by atoms with van der Waals surface area (Å²) in [5.74, 6) is 0.912. The maximum Gasteiger partial charge on any atom is 0.223 e. The van der Waals surface area contributed by atoms with Crippen LogP contribution in [0.15, 0.2) is 18.2 Å². The van der Waals surface area contributed by atoms with Gasteiger partial charge in [-0.3, -0.25) is 9.69 Å². The predicted octanol–water partition coefficient (Wildman–Crippen LogP) is 2.03. The number of carbonyl (C=O) groups is 1. The first-order valence-corrected chi connectivity index (χ1v) is 9.57. The highest BCUT2D eigenvalue weighted by molar-refractivity contribution is 5.78. The molecule has 3 fully saturated rings. The van der Waals surface area contributed by atoms with E-state index in [4.69, 9.17) is 4.74 Å². The van der Waals surface area contributed by atoms with Gasteiger partial charge in [-0.05, 0) is 48.8 Å². The second kappa shape index (κ2) is 7.16. The Bertz CT molecular complexity index is 669. The summed E-state index contributed by atoms with van der Waals surface area (Å²) in [5, 5.41) is 9.96. The van der Waals surface area contributed by atoms with Crippen LogP contribution in [0.5, 0.6) is 5.75 Å². The summed E-state index contributed by atoms with van der Waals surface area (Å²) in [4.78, 5) is 16.9. The second-order valence-electron chi connectivity index (χ2n) is 7.93. The van der Waals surface area contributed by atoms with Crippen LogP contribution in [0.3, 0.4) is 0 Å². The van der Waals surface area contributed by atoms with Crippen molar-refractivity contribution in [3.8, 4) is 5.75 Å². The minimum absolute atomic E-state index is 0.0395. The zero-order chi connectivity index (χ0) is 18.3. The Morgan fingerprint density at radius 1 is 1.31 bits per heavy atom. The molecule has 1 aromatic rings. The van der Waals surface area contributed by atoms with Crippen molar-refractivity contribution >= 4 is 5.91 Å². The Kier molecular flexibility index (Phi) is 4.88. The number of benzene rings is 1. The molecule has 4 atom stereocenters. The van der Waals surface area contributed by atoms with Gasteiger partial charge in [0.15, 0.2) is 11.6 Å². The molecule has 2 bridgehead atoms. The molecule has 0 saturated carbocycles. The van der Waals surface area contributed by atoms with Crippen molar-refractivity contribution < 1.29 is 19.0 Å². The quantitative estimate of drug-likeness (QED) is 0.891. The van der Waals surface area contributed by atoms with Crippen LogP contribution in [0.1, 0.15) is 31.2 Å². The van der Waals surface area contributed by atoms with Crippen molar-refractivity contribution in [1.29, 1.82) is 0 Å². The third-order valence-electron chi connectivity index (χ3n) is 6.38. The lowest BCUT2D eigenvalue weighted by molar-refractivity contribution is -0.155. The first-order valence-electron chi connectivity index (χ1n) is 9.57. The van der Waals surface area contributed by atoms with Gasteiger partial charge in [0, 0.05) is 32.1 Å². The van der Waals surface area contributed by atoms with Gasteiger partial charge in [0.1, 0.15) is 0 Å². The molecule has 0 radical (unpaired) electrons. The number of nitrogens with zero attached hydrogens (tertiary/aromatic N) is 2. The number of aliphatic hydroxyl groups is 1. The molecule has 4 rings (SSSR count). The third kappa shape index (κ3) is 3.09. The SMILES string of the molecule is COc1cc(CN2C[C@H]3C[C@@H](C2)[C@H](CO)N2C(=O)CCC[C@@H]32)ccc1F. The molecule has 6 heteroatoms. The van der Waals surface area contributed by atoms with E-state index in [1.807, 2.05) is 11.0 Å². The lowest BCUT2D eigenvalue weighted by Crippen LogP contribution is -2.65. The Balaban J connectivity index is 1.52. The van der Waals surface area contributed by atoms with Gasteiger partial charge in [-0.15, -0.1) is 0 Å². The minimum atomic E-state index is -0.344. The topological polar surface area (TPSA) is 53.0 Å². The second-order valence-corrected chi connectivity index (χ2v) is 7.93. The number of ether oxygens (including phenoxy) is 1. The van der Waals surface area contributed by atoms with Crippen molar-refractivity contribution in [1.82, 2.24) is 9.80 Å². The Hall–Kier alpha value is -1.66. The number of amides is 1. The smallest absolute Gasteiger partial charge is 0.223 e. The first-order chi connectivity index (χ1) is 12.6. The fraction of sp³-hybridized carbons (Fsp3) is 0.650. The zero-order valence-electron chi connectivity index (χ0n) is 15.2. The third-order valence-corrected chi connectivity index (χ3v) is 6.38. The first kappa shape index (κ1) is 17.7. The number of carbonyl (C=O) groups excluding carboxylic acids is 1. The van der Waals surface area contributed by atoms with E-state index in [-0.39, 0.29) is 36.2 Å². The maximum absolute atomic E-state index is 13.7. The van der Waals surface area contributed by atoms with Crippen molar-refractivity contribution in [2.45, 2.75) is 44.3 Å². The van der Waals surface area contributed by atoms with Crippen LogP contribution in [0.2, 0.25) is 0 Å². The van der Waals surface area contributed by atoms with Gasteiger partial charge < -0.3 is 14.7 Å². The van der Waals surface area contributed by atoms with Gasteiger partial charge in [-0.2, -0.15) is 0 Å². The van der Waals surface area contributed by atoms with Crippen molar-refractivity contribution in [3.05, 3.63) is 29.6 Å². The lowest BCUT2D eigenvalue weighted by Gasteiger charge is -2.56. The fourth-order valence-electron chi connectivity index (χ4n) is 5.30.